The van der Waals surface area contributed by atoms with Crippen molar-refractivity contribution in [3.63, 3.8) is 0 Å². The number of aromatic nitrogens is 1. The Kier molecular flexibility index (Phi) is 4.15. The van der Waals surface area contributed by atoms with Gasteiger partial charge in [0, 0.05) is 5.56 Å². The molecule has 2 aromatic rings. The molecule has 0 aliphatic rings. The Bertz CT molecular complexity index is 589. The summed E-state index contributed by atoms with van der Waals surface area (Å²) in [5.74, 6) is 0. The Morgan fingerprint density at radius 2 is 1.85 bits per heavy atom. The lowest BCUT2D eigenvalue weighted by atomic mass is 10.1. The van der Waals surface area contributed by atoms with Crippen molar-refractivity contribution in [1.29, 1.82) is 0 Å². The van der Waals surface area contributed by atoms with Crippen molar-refractivity contribution in [2.45, 2.75) is 32.5 Å². The van der Waals surface area contributed by atoms with Crippen LogP contribution < -0.4 is 0 Å². The minimum Gasteiger partial charge on any atom is -0.388 e. The first-order valence-electron chi connectivity index (χ1n) is 6.16. The standard InChI is InChI=1S/C14H14F3NOS/c1-3-11(19)12-8(2)18-13(20-12)9-4-6-10(7-5-9)14(15,16)17/h4-7,11,19H,3H2,1-2H3. The van der Waals surface area contributed by atoms with Gasteiger partial charge in [-0.2, -0.15) is 13.2 Å². The number of nitrogens with zero attached hydrogens (tertiary/aromatic N) is 1. The SMILES string of the molecule is CCC(O)c1sc(-c2ccc(C(F)(F)F)cc2)nc1C. The van der Waals surface area contributed by atoms with Crippen molar-refractivity contribution in [2.75, 3.05) is 0 Å². The highest BCUT2D eigenvalue weighted by atomic mass is 32.1. The molecule has 1 unspecified atom stereocenters. The number of halogens is 3. The summed E-state index contributed by atoms with van der Waals surface area (Å²) in [4.78, 5) is 5.09. The van der Waals surface area contributed by atoms with E-state index in [9.17, 15) is 18.3 Å². The summed E-state index contributed by atoms with van der Waals surface area (Å²) < 4.78 is 37.5. The maximum atomic E-state index is 12.5. The molecule has 2 nitrogen and oxygen atoms in total. The maximum Gasteiger partial charge on any atom is 0.416 e. The molecule has 2 rings (SSSR count). The van der Waals surface area contributed by atoms with Gasteiger partial charge in [0.1, 0.15) is 5.01 Å². The third kappa shape index (κ3) is 3.02. The molecular formula is C14H14F3NOS. The third-order valence-electron chi connectivity index (χ3n) is 2.98. The fourth-order valence-corrected chi connectivity index (χ4v) is 2.97. The molecule has 0 saturated heterocycles. The average Bonchev–Trinajstić information content (AvgIpc) is 2.79. The number of hydrogen-bond donors (Lipinski definition) is 1. The van der Waals surface area contributed by atoms with Crippen molar-refractivity contribution in [3.05, 3.63) is 40.4 Å². The second kappa shape index (κ2) is 5.54. The van der Waals surface area contributed by atoms with Crippen LogP contribution in [0.1, 0.15) is 35.6 Å². The Labute approximate surface area is 118 Å². The van der Waals surface area contributed by atoms with Gasteiger partial charge in [-0.15, -0.1) is 11.3 Å². The van der Waals surface area contributed by atoms with Gasteiger partial charge in [-0.25, -0.2) is 4.98 Å². The normalized spacial score (nSPS) is 13.5. The predicted molar refractivity (Wildman–Crippen MR) is 72.5 cm³/mol. The molecule has 0 aliphatic carbocycles. The lowest BCUT2D eigenvalue weighted by molar-refractivity contribution is -0.137. The van der Waals surface area contributed by atoms with Crippen LogP contribution in [0.15, 0.2) is 24.3 Å². The van der Waals surface area contributed by atoms with E-state index >= 15 is 0 Å². The monoisotopic (exact) mass is 301 g/mol. The molecule has 6 heteroatoms. The molecule has 1 heterocycles. The van der Waals surface area contributed by atoms with Crippen LogP contribution in [-0.4, -0.2) is 10.1 Å². The number of aliphatic hydroxyl groups excluding tert-OH is 1. The summed E-state index contributed by atoms with van der Waals surface area (Å²) in [6.07, 6.45) is -4.33. The molecule has 0 radical (unpaired) electrons. The van der Waals surface area contributed by atoms with Crippen LogP contribution in [0, 0.1) is 6.92 Å². The number of aryl methyl sites for hydroxylation is 1. The topological polar surface area (TPSA) is 33.1 Å². The lowest BCUT2D eigenvalue weighted by Crippen LogP contribution is -2.03. The van der Waals surface area contributed by atoms with Gasteiger partial charge in [0.2, 0.25) is 0 Å². The fourth-order valence-electron chi connectivity index (χ4n) is 1.83. The average molecular weight is 301 g/mol. The van der Waals surface area contributed by atoms with Crippen LogP contribution in [0.5, 0.6) is 0 Å². The highest BCUT2D eigenvalue weighted by molar-refractivity contribution is 7.15. The molecule has 0 bridgehead atoms. The van der Waals surface area contributed by atoms with Crippen LogP contribution in [0.3, 0.4) is 0 Å². The van der Waals surface area contributed by atoms with E-state index in [0.29, 0.717) is 17.0 Å². The van der Waals surface area contributed by atoms with Crippen molar-refractivity contribution in [2.24, 2.45) is 0 Å². The quantitative estimate of drug-likeness (QED) is 0.900. The first kappa shape index (κ1) is 15.0. The zero-order valence-electron chi connectivity index (χ0n) is 11.0. The number of alkyl halides is 3. The summed E-state index contributed by atoms with van der Waals surface area (Å²) in [5, 5.41) is 10.5. The molecule has 0 amide bonds. The van der Waals surface area contributed by atoms with Gasteiger partial charge >= 0.3 is 6.18 Å². The molecule has 108 valence electrons. The summed E-state index contributed by atoms with van der Waals surface area (Å²) in [6.45, 7) is 3.65. The number of benzene rings is 1. The Morgan fingerprint density at radius 3 is 2.35 bits per heavy atom. The minimum atomic E-state index is -4.33. The van der Waals surface area contributed by atoms with Gasteiger partial charge in [0.25, 0.3) is 0 Å². The minimum absolute atomic E-state index is 0.573. The Balaban J connectivity index is 2.33. The molecule has 0 fully saturated rings. The molecule has 1 aromatic carbocycles. The highest BCUT2D eigenvalue weighted by Gasteiger charge is 2.30. The second-order valence-corrected chi connectivity index (χ2v) is 5.50. The van der Waals surface area contributed by atoms with E-state index in [1.807, 2.05) is 6.92 Å². The van der Waals surface area contributed by atoms with Crippen LogP contribution in [0.4, 0.5) is 13.2 Å². The van der Waals surface area contributed by atoms with Crippen LogP contribution in [0.25, 0.3) is 10.6 Å². The maximum absolute atomic E-state index is 12.5. The fraction of sp³-hybridized carbons (Fsp3) is 0.357. The van der Waals surface area contributed by atoms with Crippen molar-refractivity contribution < 1.29 is 18.3 Å². The largest absolute Gasteiger partial charge is 0.416 e. The molecule has 0 aliphatic heterocycles. The third-order valence-corrected chi connectivity index (χ3v) is 4.29. The van der Waals surface area contributed by atoms with Crippen molar-refractivity contribution >= 4 is 11.3 Å². The zero-order valence-corrected chi connectivity index (χ0v) is 11.8. The zero-order chi connectivity index (χ0) is 14.9. The predicted octanol–water partition coefficient (Wildman–Crippen LogP) is 4.58. The van der Waals surface area contributed by atoms with Crippen LogP contribution in [0.2, 0.25) is 0 Å². The lowest BCUT2D eigenvalue weighted by Gasteiger charge is -2.06. The van der Waals surface area contributed by atoms with E-state index in [-0.39, 0.29) is 0 Å². The molecule has 0 spiro atoms. The molecule has 0 saturated carbocycles. The summed E-state index contributed by atoms with van der Waals surface area (Å²) in [7, 11) is 0. The van der Waals surface area contributed by atoms with Crippen LogP contribution >= 0.6 is 11.3 Å². The van der Waals surface area contributed by atoms with Gasteiger partial charge in [0.15, 0.2) is 0 Å². The smallest absolute Gasteiger partial charge is 0.388 e. The molecule has 1 aromatic heterocycles. The Morgan fingerprint density at radius 1 is 1.25 bits per heavy atom. The summed E-state index contributed by atoms with van der Waals surface area (Å²) in [6, 6.07) is 4.90. The first-order valence-corrected chi connectivity index (χ1v) is 6.97. The van der Waals surface area contributed by atoms with E-state index in [4.69, 9.17) is 0 Å². The van der Waals surface area contributed by atoms with Crippen molar-refractivity contribution in [1.82, 2.24) is 4.98 Å². The molecule has 1 N–H and O–H groups in total. The van der Waals surface area contributed by atoms with E-state index < -0.39 is 17.8 Å². The van der Waals surface area contributed by atoms with E-state index in [2.05, 4.69) is 4.98 Å². The number of aliphatic hydroxyl groups is 1. The Hall–Kier alpha value is -1.40. The number of rotatable bonds is 3. The molecular weight excluding hydrogens is 287 g/mol. The summed E-state index contributed by atoms with van der Waals surface area (Å²) in [5.41, 5.74) is 0.670. The van der Waals surface area contributed by atoms with Gasteiger partial charge in [-0.1, -0.05) is 19.1 Å². The van der Waals surface area contributed by atoms with Gasteiger partial charge in [-0.3, -0.25) is 0 Å². The van der Waals surface area contributed by atoms with Crippen LogP contribution in [-0.2, 0) is 6.18 Å². The van der Waals surface area contributed by atoms with E-state index in [1.54, 1.807) is 6.92 Å². The second-order valence-electron chi connectivity index (χ2n) is 4.47. The van der Waals surface area contributed by atoms with Gasteiger partial charge in [-0.05, 0) is 25.5 Å². The van der Waals surface area contributed by atoms with Gasteiger partial charge < -0.3 is 5.11 Å². The molecule has 20 heavy (non-hydrogen) atoms. The van der Waals surface area contributed by atoms with Crippen molar-refractivity contribution in [3.8, 4) is 10.6 Å². The first-order chi connectivity index (χ1) is 9.32. The highest BCUT2D eigenvalue weighted by Crippen LogP contribution is 2.35. The van der Waals surface area contributed by atoms with Gasteiger partial charge in [0.05, 0.1) is 22.2 Å². The van der Waals surface area contributed by atoms with E-state index in [1.165, 1.54) is 23.5 Å². The number of thiazole rings is 1. The summed E-state index contributed by atoms with van der Waals surface area (Å²) >= 11 is 1.32. The van der Waals surface area contributed by atoms with E-state index in [0.717, 1.165) is 22.7 Å². The number of hydrogen-bond acceptors (Lipinski definition) is 3. The molecule has 1 atom stereocenters.